The van der Waals surface area contributed by atoms with Crippen molar-refractivity contribution in [1.82, 2.24) is 5.54 Å². The number of benzene rings is 1. The highest BCUT2D eigenvalue weighted by atomic mass is 19.2. The highest BCUT2D eigenvalue weighted by Gasteiger charge is 2.33. The number of carboxylic acid groups (broad SMARTS) is 1. The third-order valence-electron chi connectivity index (χ3n) is 1.94. The van der Waals surface area contributed by atoms with Gasteiger partial charge in [0.2, 0.25) is 0 Å². The van der Waals surface area contributed by atoms with Crippen molar-refractivity contribution in [3.8, 4) is 0 Å². The Morgan fingerprint density at radius 3 is 2.71 bits per heavy atom. The van der Waals surface area contributed by atoms with Crippen LogP contribution in [-0.4, -0.2) is 16.6 Å². The molecule has 0 amide bonds. The van der Waals surface area contributed by atoms with E-state index in [1.165, 1.54) is 5.54 Å². The van der Waals surface area contributed by atoms with Crippen LogP contribution in [0.25, 0.3) is 0 Å². The SMILES string of the molecule is [2H]C[C@@](Cc1ccccc1)(NF)C(=O)O. The normalized spacial score (nSPS) is 15.6. The third kappa shape index (κ3) is 2.29. The summed E-state index contributed by atoms with van der Waals surface area (Å²) in [6, 6.07) is 8.67. The van der Waals surface area contributed by atoms with Crippen LogP contribution in [0.4, 0.5) is 4.48 Å². The first-order valence-electron chi connectivity index (χ1n) is 4.80. The minimum Gasteiger partial charge on any atom is -0.480 e. The molecular formula is C10H12FNO2. The van der Waals surface area contributed by atoms with Crippen LogP contribution in [0.3, 0.4) is 0 Å². The van der Waals surface area contributed by atoms with E-state index in [9.17, 15) is 9.28 Å². The van der Waals surface area contributed by atoms with Crippen LogP contribution in [0, 0.1) is 0 Å². The van der Waals surface area contributed by atoms with E-state index in [4.69, 9.17) is 6.48 Å². The average molecular weight is 198 g/mol. The van der Waals surface area contributed by atoms with E-state index < -0.39 is 18.4 Å². The summed E-state index contributed by atoms with van der Waals surface area (Å²) in [4.78, 5) is 10.9. The van der Waals surface area contributed by atoms with Crippen LogP contribution in [0.2, 0.25) is 0 Å². The first-order chi connectivity index (χ1) is 7.14. The number of hydrogen-bond acceptors (Lipinski definition) is 2. The summed E-state index contributed by atoms with van der Waals surface area (Å²) < 4.78 is 19.6. The van der Waals surface area contributed by atoms with Crippen LogP contribution in [0.5, 0.6) is 0 Å². The van der Waals surface area contributed by atoms with Crippen molar-refractivity contribution in [2.24, 2.45) is 0 Å². The molecule has 0 fully saturated rings. The van der Waals surface area contributed by atoms with Gasteiger partial charge in [0.25, 0.3) is 0 Å². The molecule has 14 heavy (non-hydrogen) atoms. The second-order valence-electron chi connectivity index (χ2n) is 3.14. The predicted molar refractivity (Wildman–Crippen MR) is 50.4 cm³/mol. The van der Waals surface area contributed by atoms with E-state index in [2.05, 4.69) is 0 Å². The van der Waals surface area contributed by atoms with E-state index in [0.717, 1.165) is 0 Å². The van der Waals surface area contributed by atoms with Crippen molar-refractivity contribution in [3.05, 3.63) is 35.9 Å². The van der Waals surface area contributed by atoms with Gasteiger partial charge in [0.1, 0.15) is 5.54 Å². The molecule has 0 radical (unpaired) electrons. The van der Waals surface area contributed by atoms with Crippen LogP contribution in [0.15, 0.2) is 30.3 Å². The Hall–Kier alpha value is -1.42. The van der Waals surface area contributed by atoms with Gasteiger partial charge >= 0.3 is 5.97 Å². The lowest BCUT2D eigenvalue weighted by molar-refractivity contribution is -0.146. The number of halogens is 1. The van der Waals surface area contributed by atoms with Gasteiger partial charge in [-0.05, 0) is 12.5 Å². The monoisotopic (exact) mass is 198 g/mol. The molecule has 0 bridgehead atoms. The standard InChI is InChI=1S/C10H12FNO2/c1-10(12-11,9(13)14)7-8-5-3-2-4-6-8/h2-6,12H,7H2,1H3,(H,13,14)/t10-/m0/s1/i1D. The first kappa shape index (κ1) is 9.15. The summed E-state index contributed by atoms with van der Waals surface area (Å²) in [7, 11) is 0. The van der Waals surface area contributed by atoms with E-state index in [-0.39, 0.29) is 6.42 Å². The summed E-state index contributed by atoms with van der Waals surface area (Å²) >= 11 is 0. The quantitative estimate of drug-likeness (QED) is 0.721. The van der Waals surface area contributed by atoms with Crippen LogP contribution < -0.4 is 5.54 Å². The molecule has 0 saturated carbocycles. The van der Waals surface area contributed by atoms with E-state index in [1.54, 1.807) is 30.3 Å². The highest BCUT2D eigenvalue weighted by molar-refractivity contribution is 5.78. The molecular weight excluding hydrogens is 185 g/mol. The van der Waals surface area contributed by atoms with Gasteiger partial charge in [0.05, 0.1) is 0 Å². The lowest BCUT2D eigenvalue weighted by Crippen LogP contribution is -2.47. The van der Waals surface area contributed by atoms with Crippen molar-refractivity contribution in [1.29, 1.82) is 0 Å². The van der Waals surface area contributed by atoms with Crippen molar-refractivity contribution >= 4 is 5.97 Å². The summed E-state index contributed by atoms with van der Waals surface area (Å²) in [6.07, 6.45) is -0.0524. The smallest absolute Gasteiger partial charge is 0.326 e. The Kier molecular flexibility index (Phi) is 2.74. The molecule has 0 unspecified atom stereocenters. The highest BCUT2D eigenvalue weighted by Crippen LogP contribution is 2.13. The van der Waals surface area contributed by atoms with Gasteiger partial charge in [0, 0.05) is 7.79 Å². The molecule has 4 heteroatoms. The third-order valence-corrected chi connectivity index (χ3v) is 1.94. The fraction of sp³-hybridized carbons (Fsp3) is 0.300. The largest absolute Gasteiger partial charge is 0.480 e. The molecule has 1 atom stereocenters. The Labute approximate surface area is 82.9 Å². The lowest BCUT2D eigenvalue weighted by atomic mass is 9.94. The Balaban J connectivity index is 2.89. The maximum absolute atomic E-state index is 12.5. The van der Waals surface area contributed by atoms with Crippen molar-refractivity contribution < 1.29 is 15.8 Å². The van der Waals surface area contributed by atoms with Gasteiger partial charge in [-0.15, -0.1) is 10.0 Å². The minimum atomic E-state index is -1.85. The Morgan fingerprint density at radius 1 is 1.64 bits per heavy atom. The minimum absolute atomic E-state index is 0.0524. The summed E-state index contributed by atoms with van der Waals surface area (Å²) in [5.74, 6) is -1.36. The number of nitrogens with one attached hydrogen (secondary N) is 1. The van der Waals surface area contributed by atoms with E-state index >= 15 is 0 Å². The molecule has 0 saturated heterocycles. The van der Waals surface area contributed by atoms with Gasteiger partial charge < -0.3 is 5.11 Å². The second kappa shape index (κ2) is 4.19. The Bertz CT molecular complexity index is 327. The number of carbonyl (C=O) groups is 1. The zero-order valence-electron chi connectivity index (χ0n) is 8.53. The number of rotatable bonds is 4. The molecule has 76 valence electrons. The molecule has 0 aliphatic heterocycles. The maximum atomic E-state index is 12.5. The molecule has 0 aromatic heterocycles. The van der Waals surface area contributed by atoms with Gasteiger partial charge in [-0.2, -0.15) is 0 Å². The summed E-state index contributed by atoms with van der Waals surface area (Å²) in [5.41, 5.74) is 0.0583. The molecule has 3 nitrogen and oxygen atoms in total. The molecule has 2 N–H and O–H groups in total. The second-order valence-corrected chi connectivity index (χ2v) is 3.14. The van der Waals surface area contributed by atoms with Gasteiger partial charge in [-0.3, -0.25) is 4.79 Å². The predicted octanol–water partition coefficient (Wildman–Crippen LogP) is 1.55. The zero-order chi connectivity index (χ0) is 11.3. The number of aliphatic carboxylic acids is 1. The molecule has 0 spiro atoms. The van der Waals surface area contributed by atoms with E-state index in [1.807, 2.05) is 0 Å². The fourth-order valence-corrected chi connectivity index (χ4v) is 1.09. The summed E-state index contributed by atoms with van der Waals surface area (Å²) in [6.45, 7) is -0.562. The number of hydrogen-bond donors (Lipinski definition) is 2. The van der Waals surface area contributed by atoms with Crippen LogP contribution in [-0.2, 0) is 11.2 Å². The number of carboxylic acids is 1. The average Bonchev–Trinajstić information content (AvgIpc) is 2.27. The Morgan fingerprint density at radius 2 is 2.29 bits per heavy atom. The topological polar surface area (TPSA) is 49.3 Å². The molecule has 1 aromatic rings. The van der Waals surface area contributed by atoms with Crippen molar-refractivity contribution in [3.63, 3.8) is 0 Å². The molecule has 0 heterocycles. The molecule has 1 rings (SSSR count). The van der Waals surface area contributed by atoms with Crippen molar-refractivity contribution in [2.45, 2.75) is 18.9 Å². The van der Waals surface area contributed by atoms with Gasteiger partial charge in [0.15, 0.2) is 0 Å². The van der Waals surface area contributed by atoms with Crippen LogP contribution >= 0.6 is 0 Å². The fourth-order valence-electron chi connectivity index (χ4n) is 1.09. The van der Waals surface area contributed by atoms with Crippen molar-refractivity contribution in [2.75, 3.05) is 0 Å². The maximum Gasteiger partial charge on any atom is 0.326 e. The molecule has 0 aliphatic carbocycles. The first-order valence-corrected chi connectivity index (χ1v) is 4.09. The lowest BCUT2D eigenvalue weighted by Gasteiger charge is -2.21. The molecule has 1 aromatic carbocycles. The molecule has 0 aliphatic rings. The van der Waals surface area contributed by atoms with Gasteiger partial charge in [-0.1, -0.05) is 30.3 Å². The summed E-state index contributed by atoms with van der Waals surface area (Å²) in [5, 5.41) is 8.86. The van der Waals surface area contributed by atoms with Crippen LogP contribution in [0.1, 0.15) is 13.8 Å². The zero-order valence-corrected chi connectivity index (χ0v) is 7.53. The van der Waals surface area contributed by atoms with E-state index in [0.29, 0.717) is 5.56 Å². The van der Waals surface area contributed by atoms with Gasteiger partial charge in [-0.25, -0.2) is 0 Å².